The van der Waals surface area contributed by atoms with Crippen LogP contribution in [0.1, 0.15) is 32.1 Å². The van der Waals surface area contributed by atoms with E-state index in [0.29, 0.717) is 5.92 Å². The second kappa shape index (κ2) is 5.59. The van der Waals surface area contributed by atoms with Crippen molar-refractivity contribution in [3.8, 4) is 6.07 Å². The minimum atomic E-state index is -0.319. The molecular weight excluding hydrogens is 190 g/mol. The van der Waals surface area contributed by atoms with Crippen LogP contribution in [0.25, 0.3) is 0 Å². The Kier molecular flexibility index (Phi) is 4.41. The molecule has 1 fully saturated rings. The molecule has 0 spiro atoms. The van der Waals surface area contributed by atoms with E-state index in [1.807, 2.05) is 0 Å². The van der Waals surface area contributed by atoms with Crippen LogP contribution in [-0.2, 0) is 0 Å². The monoisotopic (exact) mass is 209 g/mol. The second-order valence-corrected chi connectivity index (χ2v) is 4.35. The fraction of sp³-hybridized carbons (Fsp3) is 0.818. The molecule has 0 bridgehead atoms. The minimum Gasteiger partial charge on any atom is -0.331 e. The van der Waals surface area contributed by atoms with Gasteiger partial charge in [0.1, 0.15) is 6.04 Å². The Hall–Kier alpha value is -1.24. The van der Waals surface area contributed by atoms with Gasteiger partial charge in [0.05, 0.1) is 6.07 Å². The van der Waals surface area contributed by atoms with E-state index in [0.717, 1.165) is 12.8 Å². The van der Waals surface area contributed by atoms with Crippen molar-refractivity contribution in [2.24, 2.45) is 5.92 Å². The Bertz CT molecular complexity index is 251. The van der Waals surface area contributed by atoms with Crippen molar-refractivity contribution >= 4 is 6.03 Å². The van der Waals surface area contributed by atoms with E-state index in [9.17, 15) is 4.79 Å². The first-order chi connectivity index (χ1) is 7.15. The summed E-state index contributed by atoms with van der Waals surface area (Å²) in [6.45, 7) is 0. The summed E-state index contributed by atoms with van der Waals surface area (Å²) in [7, 11) is 3.37. The van der Waals surface area contributed by atoms with Crippen LogP contribution < -0.4 is 5.32 Å². The van der Waals surface area contributed by atoms with Crippen molar-refractivity contribution in [1.29, 1.82) is 5.26 Å². The lowest BCUT2D eigenvalue weighted by Gasteiger charge is -2.27. The van der Waals surface area contributed by atoms with Crippen molar-refractivity contribution in [3.63, 3.8) is 0 Å². The molecule has 4 nitrogen and oxygen atoms in total. The van der Waals surface area contributed by atoms with Crippen LogP contribution >= 0.6 is 0 Å². The fourth-order valence-electron chi connectivity index (χ4n) is 1.99. The number of carbonyl (C=O) groups excluding carboxylic acids is 1. The van der Waals surface area contributed by atoms with Gasteiger partial charge in [0.2, 0.25) is 0 Å². The Labute approximate surface area is 91.2 Å². The largest absolute Gasteiger partial charge is 0.331 e. The maximum absolute atomic E-state index is 11.4. The summed E-state index contributed by atoms with van der Waals surface area (Å²) in [4.78, 5) is 12.9. The molecule has 1 aliphatic carbocycles. The van der Waals surface area contributed by atoms with Crippen molar-refractivity contribution < 1.29 is 4.79 Å². The Morgan fingerprint density at radius 3 is 2.47 bits per heavy atom. The molecule has 0 radical (unpaired) electrons. The molecule has 1 saturated carbocycles. The molecule has 0 aromatic rings. The van der Waals surface area contributed by atoms with E-state index in [2.05, 4.69) is 11.4 Å². The van der Waals surface area contributed by atoms with Gasteiger partial charge in [0, 0.05) is 14.1 Å². The number of rotatable bonds is 2. The highest BCUT2D eigenvalue weighted by atomic mass is 16.2. The van der Waals surface area contributed by atoms with Gasteiger partial charge in [0.25, 0.3) is 0 Å². The number of amides is 2. The molecule has 4 heteroatoms. The zero-order chi connectivity index (χ0) is 11.3. The summed E-state index contributed by atoms with van der Waals surface area (Å²) >= 11 is 0. The number of nitriles is 1. The van der Waals surface area contributed by atoms with Crippen LogP contribution in [-0.4, -0.2) is 31.1 Å². The third kappa shape index (κ3) is 3.43. The number of hydrogen-bond donors (Lipinski definition) is 1. The topological polar surface area (TPSA) is 56.1 Å². The Morgan fingerprint density at radius 2 is 2.00 bits per heavy atom. The third-order valence-electron chi connectivity index (χ3n) is 2.95. The lowest BCUT2D eigenvalue weighted by atomic mass is 9.84. The number of nitrogens with one attached hydrogen (secondary N) is 1. The quantitative estimate of drug-likeness (QED) is 0.753. The molecule has 2 amide bonds. The molecule has 1 rings (SSSR count). The molecule has 84 valence electrons. The first-order valence-corrected chi connectivity index (χ1v) is 5.52. The summed E-state index contributed by atoms with van der Waals surface area (Å²) in [5, 5.41) is 11.8. The van der Waals surface area contributed by atoms with Crippen molar-refractivity contribution in [1.82, 2.24) is 10.2 Å². The summed E-state index contributed by atoms with van der Waals surface area (Å²) in [5.74, 6) is 0.340. The van der Waals surface area contributed by atoms with E-state index >= 15 is 0 Å². The molecule has 1 aliphatic rings. The van der Waals surface area contributed by atoms with Crippen LogP contribution in [0.3, 0.4) is 0 Å². The van der Waals surface area contributed by atoms with Crippen LogP contribution in [0.2, 0.25) is 0 Å². The highest BCUT2D eigenvalue weighted by Crippen LogP contribution is 2.26. The summed E-state index contributed by atoms with van der Waals surface area (Å²) in [5.41, 5.74) is 0. The van der Waals surface area contributed by atoms with Gasteiger partial charge in [0.15, 0.2) is 0 Å². The SMILES string of the molecule is CN(C)C(=O)NC(C#N)C1CCCCC1. The number of carbonyl (C=O) groups is 1. The van der Waals surface area contributed by atoms with E-state index in [-0.39, 0.29) is 12.1 Å². The first kappa shape index (κ1) is 11.8. The second-order valence-electron chi connectivity index (χ2n) is 4.35. The van der Waals surface area contributed by atoms with E-state index in [4.69, 9.17) is 5.26 Å². The fourth-order valence-corrected chi connectivity index (χ4v) is 1.99. The van der Waals surface area contributed by atoms with E-state index in [1.165, 1.54) is 24.2 Å². The number of hydrogen-bond acceptors (Lipinski definition) is 2. The normalized spacial score (nSPS) is 19.0. The highest BCUT2D eigenvalue weighted by molar-refractivity contribution is 5.74. The van der Waals surface area contributed by atoms with Gasteiger partial charge in [-0.05, 0) is 18.8 Å². The molecule has 0 aromatic heterocycles. The molecule has 1 N–H and O–H groups in total. The van der Waals surface area contributed by atoms with Crippen LogP contribution in [0.4, 0.5) is 4.79 Å². The van der Waals surface area contributed by atoms with Gasteiger partial charge in [-0.25, -0.2) is 4.79 Å². The standard InChI is InChI=1S/C11H19N3O/c1-14(2)11(15)13-10(8-12)9-6-4-3-5-7-9/h9-10H,3-7H2,1-2H3,(H,13,15). The van der Waals surface area contributed by atoms with Gasteiger partial charge in [-0.1, -0.05) is 19.3 Å². The van der Waals surface area contributed by atoms with Gasteiger partial charge in [-0.3, -0.25) is 0 Å². The van der Waals surface area contributed by atoms with Crippen LogP contribution in [0, 0.1) is 17.2 Å². The predicted molar refractivity (Wildman–Crippen MR) is 58.2 cm³/mol. The lowest BCUT2D eigenvalue weighted by Crippen LogP contribution is -2.44. The average molecular weight is 209 g/mol. The van der Waals surface area contributed by atoms with Gasteiger partial charge in [-0.2, -0.15) is 5.26 Å². The van der Waals surface area contributed by atoms with E-state index < -0.39 is 0 Å². The molecular formula is C11H19N3O. The molecule has 1 unspecified atom stereocenters. The predicted octanol–water partition coefficient (Wildman–Crippen LogP) is 1.73. The number of nitrogens with zero attached hydrogens (tertiary/aromatic N) is 2. The van der Waals surface area contributed by atoms with Gasteiger partial charge in [-0.15, -0.1) is 0 Å². The first-order valence-electron chi connectivity index (χ1n) is 5.52. The molecule has 0 aliphatic heterocycles. The van der Waals surface area contributed by atoms with Gasteiger partial charge < -0.3 is 10.2 Å². The molecule has 15 heavy (non-hydrogen) atoms. The molecule has 0 saturated heterocycles. The van der Waals surface area contributed by atoms with Crippen LogP contribution in [0.15, 0.2) is 0 Å². The van der Waals surface area contributed by atoms with E-state index in [1.54, 1.807) is 14.1 Å². The minimum absolute atomic E-state index is 0.174. The molecule has 0 aromatic carbocycles. The molecule has 1 atom stereocenters. The smallest absolute Gasteiger partial charge is 0.317 e. The number of urea groups is 1. The zero-order valence-corrected chi connectivity index (χ0v) is 9.49. The van der Waals surface area contributed by atoms with Crippen molar-refractivity contribution in [3.05, 3.63) is 0 Å². The molecule has 0 heterocycles. The Balaban J connectivity index is 2.48. The third-order valence-corrected chi connectivity index (χ3v) is 2.95. The summed E-state index contributed by atoms with van der Waals surface area (Å²) in [6.07, 6.45) is 5.75. The lowest BCUT2D eigenvalue weighted by molar-refractivity contribution is 0.207. The highest BCUT2D eigenvalue weighted by Gasteiger charge is 2.25. The van der Waals surface area contributed by atoms with Crippen LogP contribution in [0.5, 0.6) is 0 Å². The van der Waals surface area contributed by atoms with Crippen molar-refractivity contribution in [2.75, 3.05) is 14.1 Å². The zero-order valence-electron chi connectivity index (χ0n) is 9.49. The maximum Gasteiger partial charge on any atom is 0.317 e. The summed E-state index contributed by atoms with van der Waals surface area (Å²) in [6, 6.07) is 1.71. The van der Waals surface area contributed by atoms with Gasteiger partial charge >= 0.3 is 6.03 Å². The summed E-state index contributed by atoms with van der Waals surface area (Å²) < 4.78 is 0. The Morgan fingerprint density at radius 1 is 1.40 bits per heavy atom. The van der Waals surface area contributed by atoms with Crippen molar-refractivity contribution in [2.45, 2.75) is 38.1 Å². The average Bonchev–Trinajstić information content (AvgIpc) is 2.26. The maximum atomic E-state index is 11.4.